The molecule has 0 aliphatic heterocycles. The average Bonchev–Trinajstić information content (AvgIpc) is 2.39. The summed E-state index contributed by atoms with van der Waals surface area (Å²) in [5.74, 6) is -0.469. The van der Waals surface area contributed by atoms with Gasteiger partial charge in [0.25, 0.3) is 0 Å². The van der Waals surface area contributed by atoms with Crippen LogP contribution in [0.2, 0.25) is 0 Å². The van der Waals surface area contributed by atoms with Crippen molar-refractivity contribution in [1.29, 1.82) is 0 Å². The summed E-state index contributed by atoms with van der Waals surface area (Å²) in [5, 5.41) is 9.55. The van der Waals surface area contributed by atoms with Crippen LogP contribution in [0.15, 0.2) is 42.5 Å². The summed E-state index contributed by atoms with van der Waals surface area (Å²) < 4.78 is 10.0. The van der Waals surface area contributed by atoms with Gasteiger partial charge in [0.2, 0.25) is 0 Å². The third-order valence-electron chi connectivity index (χ3n) is 2.38. The molecular formula is C14H18O4. The van der Waals surface area contributed by atoms with Gasteiger partial charge in [0.1, 0.15) is 6.10 Å². The molecule has 0 aliphatic carbocycles. The fourth-order valence-electron chi connectivity index (χ4n) is 1.36. The van der Waals surface area contributed by atoms with Crippen molar-refractivity contribution in [3.8, 4) is 0 Å². The molecule has 0 bridgehead atoms. The smallest absolute Gasteiger partial charge is 0.330 e. The van der Waals surface area contributed by atoms with Gasteiger partial charge in [0.15, 0.2) is 0 Å². The van der Waals surface area contributed by atoms with Crippen LogP contribution in [0.4, 0.5) is 0 Å². The van der Waals surface area contributed by atoms with Gasteiger partial charge >= 0.3 is 5.97 Å². The van der Waals surface area contributed by atoms with Crippen LogP contribution in [0.1, 0.15) is 12.5 Å². The van der Waals surface area contributed by atoms with Gasteiger partial charge in [-0.3, -0.25) is 0 Å². The predicted molar refractivity (Wildman–Crippen MR) is 67.9 cm³/mol. The van der Waals surface area contributed by atoms with Crippen LogP contribution < -0.4 is 0 Å². The highest BCUT2D eigenvalue weighted by Crippen LogP contribution is 2.07. The number of rotatable bonds is 6. The maximum absolute atomic E-state index is 11.0. The Morgan fingerprint density at radius 1 is 1.39 bits per heavy atom. The zero-order valence-electron chi connectivity index (χ0n) is 10.6. The standard InChI is InChI=1S/C14H18O4/c1-11(15)13(8-9-14(16)17-2)18-10-12-6-4-3-5-7-12/h3-9,11,13,15H,10H2,1-2H3/b9-8+/t11-,13+/m0/s1. The quantitative estimate of drug-likeness (QED) is 0.616. The number of aliphatic hydroxyl groups excluding tert-OH is 1. The molecule has 4 heteroatoms. The molecule has 0 radical (unpaired) electrons. The Balaban J connectivity index is 2.53. The van der Waals surface area contributed by atoms with E-state index in [4.69, 9.17) is 4.74 Å². The molecule has 1 aromatic rings. The Labute approximate surface area is 107 Å². The molecule has 0 amide bonds. The maximum Gasteiger partial charge on any atom is 0.330 e. The number of aliphatic hydroxyl groups is 1. The van der Waals surface area contributed by atoms with Crippen LogP contribution in [0, 0.1) is 0 Å². The normalized spacial score (nSPS) is 14.4. The minimum absolute atomic E-state index is 0.377. The number of carbonyl (C=O) groups is 1. The van der Waals surface area contributed by atoms with E-state index in [0.29, 0.717) is 6.61 Å². The molecule has 0 unspecified atom stereocenters. The molecular weight excluding hydrogens is 232 g/mol. The molecule has 2 atom stereocenters. The average molecular weight is 250 g/mol. The van der Waals surface area contributed by atoms with E-state index in [-0.39, 0.29) is 0 Å². The van der Waals surface area contributed by atoms with Crippen molar-refractivity contribution < 1.29 is 19.4 Å². The molecule has 0 saturated heterocycles. The third-order valence-corrected chi connectivity index (χ3v) is 2.38. The zero-order valence-corrected chi connectivity index (χ0v) is 10.6. The number of ether oxygens (including phenoxy) is 2. The van der Waals surface area contributed by atoms with Crippen LogP contribution in [-0.2, 0) is 20.9 Å². The Morgan fingerprint density at radius 3 is 2.61 bits per heavy atom. The highest BCUT2D eigenvalue weighted by Gasteiger charge is 2.12. The van der Waals surface area contributed by atoms with E-state index in [0.717, 1.165) is 5.56 Å². The molecule has 0 heterocycles. The number of hydrogen-bond donors (Lipinski definition) is 1. The minimum Gasteiger partial charge on any atom is -0.466 e. The van der Waals surface area contributed by atoms with Gasteiger partial charge in [0.05, 0.1) is 19.8 Å². The summed E-state index contributed by atoms with van der Waals surface area (Å²) in [6, 6.07) is 9.62. The van der Waals surface area contributed by atoms with Crippen molar-refractivity contribution >= 4 is 5.97 Å². The van der Waals surface area contributed by atoms with Crippen LogP contribution in [0.5, 0.6) is 0 Å². The van der Waals surface area contributed by atoms with Gasteiger partial charge in [-0.2, -0.15) is 0 Å². The van der Waals surface area contributed by atoms with Crippen molar-refractivity contribution in [3.05, 3.63) is 48.0 Å². The Kier molecular flexibility index (Phi) is 6.11. The zero-order chi connectivity index (χ0) is 13.4. The lowest BCUT2D eigenvalue weighted by Crippen LogP contribution is -2.24. The molecule has 4 nitrogen and oxygen atoms in total. The lowest BCUT2D eigenvalue weighted by molar-refractivity contribution is -0.134. The van der Waals surface area contributed by atoms with Gasteiger partial charge in [-0.15, -0.1) is 0 Å². The van der Waals surface area contributed by atoms with Crippen molar-refractivity contribution in [3.63, 3.8) is 0 Å². The summed E-state index contributed by atoms with van der Waals surface area (Å²) in [6.07, 6.45) is 1.51. The van der Waals surface area contributed by atoms with Gasteiger partial charge in [-0.1, -0.05) is 30.3 Å². The Hall–Kier alpha value is -1.65. The Morgan fingerprint density at radius 2 is 2.06 bits per heavy atom. The highest BCUT2D eigenvalue weighted by atomic mass is 16.5. The molecule has 0 fully saturated rings. The summed E-state index contributed by atoms with van der Waals surface area (Å²) in [4.78, 5) is 11.0. The van der Waals surface area contributed by atoms with Gasteiger partial charge in [-0.25, -0.2) is 4.79 Å². The Bertz CT molecular complexity index is 384. The number of methoxy groups -OCH3 is 1. The van der Waals surface area contributed by atoms with Gasteiger partial charge in [-0.05, 0) is 18.6 Å². The van der Waals surface area contributed by atoms with E-state index in [9.17, 15) is 9.90 Å². The first-order valence-electron chi connectivity index (χ1n) is 5.73. The molecule has 0 aromatic heterocycles. The summed E-state index contributed by atoms with van der Waals surface area (Å²) in [6.45, 7) is 1.99. The van der Waals surface area contributed by atoms with Crippen molar-refractivity contribution in [2.45, 2.75) is 25.7 Å². The maximum atomic E-state index is 11.0. The van der Waals surface area contributed by atoms with Gasteiger partial charge < -0.3 is 14.6 Å². The molecule has 1 rings (SSSR count). The molecule has 1 aromatic carbocycles. The van der Waals surface area contributed by atoms with E-state index < -0.39 is 18.2 Å². The van der Waals surface area contributed by atoms with E-state index in [1.54, 1.807) is 6.92 Å². The lowest BCUT2D eigenvalue weighted by Gasteiger charge is -2.17. The van der Waals surface area contributed by atoms with E-state index in [1.165, 1.54) is 19.3 Å². The van der Waals surface area contributed by atoms with E-state index in [1.807, 2.05) is 30.3 Å². The number of carbonyl (C=O) groups excluding carboxylic acids is 1. The fourth-order valence-corrected chi connectivity index (χ4v) is 1.36. The van der Waals surface area contributed by atoms with E-state index in [2.05, 4.69) is 4.74 Å². The first-order valence-corrected chi connectivity index (χ1v) is 5.73. The second kappa shape index (κ2) is 7.63. The van der Waals surface area contributed by atoms with Crippen molar-refractivity contribution in [2.75, 3.05) is 7.11 Å². The highest BCUT2D eigenvalue weighted by molar-refractivity contribution is 5.81. The number of esters is 1. The number of benzene rings is 1. The monoisotopic (exact) mass is 250 g/mol. The molecule has 18 heavy (non-hydrogen) atoms. The summed E-state index contributed by atoms with van der Waals surface area (Å²) >= 11 is 0. The fraction of sp³-hybridized carbons (Fsp3) is 0.357. The SMILES string of the molecule is COC(=O)/C=C/[C@@H](OCc1ccccc1)[C@H](C)O. The topological polar surface area (TPSA) is 55.8 Å². The number of hydrogen-bond acceptors (Lipinski definition) is 4. The first kappa shape index (κ1) is 14.4. The second-order valence-electron chi connectivity index (χ2n) is 3.88. The lowest BCUT2D eigenvalue weighted by atomic mass is 10.2. The predicted octanol–water partition coefficient (Wildman–Crippen LogP) is 1.68. The largest absolute Gasteiger partial charge is 0.466 e. The third kappa shape index (κ3) is 5.12. The first-order chi connectivity index (χ1) is 8.63. The van der Waals surface area contributed by atoms with Crippen LogP contribution >= 0.6 is 0 Å². The molecule has 0 saturated carbocycles. The summed E-state index contributed by atoms with van der Waals surface area (Å²) in [7, 11) is 1.30. The minimum atomic E-state index is -0.699. The molecule has 98 valence electrons. The summed E-state index contributed by atoms with van der Waals surface area (Å²) in [5.41, 5.74) is 1.01. The van der Waals surface area contributed by atoms with Crippen molar-refractivity contribution in [2.24, 2.45) is 0 Å². The van der Waals surface area contributed by atoms with Crippen LogP contribution in [0.3, 0.4) is 0 Å². The van der Waals surface area contributed by atoms with Gasteiger partial charge in [0, 0.05) is 6.08 Å². The van der Waals surface area contributed by atoms with Crippen LogP contribution in [-0.4, -0.2) is 30.4 Å². The van der Waals surface area contributed by atoms with E-state index >= 15 is 0 Å². The molecule has 1 N–H and O–H groups in total. The second-order valence-corrected chi connectivity index (χ2v) is 3.88. The molecule has 0 aliphatic rings. The van der Waals surface area contributed by atoms with Crippen LogP contribution in [0.25, 0.3) is 0 Å². The van der Waals surface area contributed by atoms with Crippen molar-refractivity contribution in [1.82, 2.24) is 0 Å². The molecule has 0 spiro atoms.